The molecule has 1 aromatic rings. The van der Waals surface area contributed by atoms with Gasteiger partial charge in [-0.15, -0.1) is 11.6 Å². The number of alkyl halides is 1. The van der Waals surface area contributed by atoms with Crippen LogP contribution in [0.2, 0.25) is 0 Å². The molecule has 1 aliphatic heterocycles. The minimum absolute atomic E-state index is 0.0434. The Hall–Kier alpha value is -0.600. The molecule has 0 saturated carbocycles. The molecule has 0 radical (unpaired) electrons. The van der Waals surface area contributed by atoms with Crippen molar-refractivity contribution in [2.24, 2.45) is 5.92 Å². The first-order chi connectivity index (χ1) is 7.72. The Bertz CT molecular complexity index is 356. The van der Waals surface area contributed by atoms with Crippen LogP contribution >= 0.6 is 11.6 Å². The summed E-state index contributed by atoms with van der Waals surface area (Å²) in [5.41, 5.74) is 0.904. The van der Waals surface area contributed by atoms with Gasteiger partial charge in [-0.1, -0.05) is 19.1 Å². The monoisotopic (exact) mass is 242 g/mol. The van der Waals surface area contributed by atoms with Gasteiger partial charge in [0.2, 0.25) is 0 Å². The normalized spacial score (nSPS) is 26.9. The molecule has 16 heavy (non-hydrogen) atoms. The van der Waals surface area contributed by atoms with Gasteiger partial charge in [0.1, 0.15) is 5.82 Å². The standard InChI is InChI=1S/C13H16ClFO/c1-2-12(14)11-6-7-16-13(11)9-4-3-5-10(15)8-9/h3-5,8,11-13H,2,6-7H2,1H3/t11-,12?,13+/m0/s1. The fourth-order valence-corrected chi connectivity index (χ4v) is 2.56. The Morgan fingerprint density at radius 1 is 1.56 bits per heavy atom. The molecule has 0 bridgehead atoms. The van der Waals surface area contributed by atoms with Gasteiger partial charge in [-0.2, -0.15) is 0 Å². The lowest BCUT2D eigenvalue weighted by Crippen LogP contribution is -2.18. The van der Waals surface area contributed by atoms with Gasteiger partial charge < -0.3 is 4.74 Å². The van der Waals surface area contributed by atoms with Crippen molar-refractivity contribution >= 4 is 11.6 Å². The molecule has 1 fully saturated rings. The van der Waals surface area contributed by atoms with E-state index in [1.165, 1.54) is 6.07 Å². The number of benzene rings is 1. The molecule has 1 nitrogen and oxygen atoms in total. The topological polar surface area (TPSA) is 9.23 Å². The van der Waals surface area contributed by atoms with E-state index in [9.17, 15) is 4.39 Å². The second kappa shape index (κ2) is 5.15. The summed E-state index contributed by atoms with van der Waals surface area (Å²) in [5, 5.41) is 0.107. The number of halogens is 2. The zero-order valence-corrected chi connectivity index (χ0v) is 10.1. The van der Waals surface area contributed by atoms with Gasteiger partial charge in [0.15, 0.2) is 0 Å². The van der Waals surface area contributed by atoms with E-state index < -0.39 is 0 Å². The third-order valence-electron chi connectivity index (χ3n) is 3.17. The summed E-state index contributed by atoms with van der Waals surface area (Å²) in [7, 11) is 0. The molecule has 1 unspecified atom stereocenters. The molecule has 88 valence electrons. The average Bonchev–Trinajstić information content (AvgIpc) is 2.77. The molecule has 2 rings (SSSR count). The van der Waals surface area contributed by atoms with Gasteiger partial charge in [-0.25, -0.2) is 4.39 Å². The number of rotatable bonds is 3. The van der Waals surface area contributed by atoms with E-state index in [1.54, 1.807) is 12.1 Å². The smallest absolute Gasteiger partial charge is 0.123 e. The van der Waals surface area contributed by atoms with E-state index in [4.69, 9.17) is 16.3 Å². The van der Waals surface area contributed by atoms with E-state index in [1.807, 2.05) is 6.07 Å². The molecule has 0 aliphatic carbocycles. The first kappa shape index (κ1) is 11.9. The Labute approximate surface area is 101 Å². The summed E-state index contributed by atoms with van der Waals surface area (Å²) >= 11 is 6.28. The van der Waals surface area contributed by atoms with E-state index in [0.717, 1.165) is 25.0 Å². The maximum Gasteiger partial charge on any atom is 0.123 e. The maximum atomic E-state index is 13.1. The molecule has 0 spiro atoms. The minimum Gasteiger partial charge on any atom is -0.373 e. The first-order valence-electron chi connectivity index (χ1n) is 5.73. The fourth-order valence-electron chi connectivity index (χ4n) is 2.31. The molecule has 3 atom stereocenters. The number of hydrogen-bond donors (Lipinski definition) is 0. The zero-order valence-electron chi connectivity index (χ0n) is 9.33. The highest BCUT2D eigenvalue weighted by molar-refractivity contribution is 6.20. The van der Waals surface area contributed by atoms with Crippen molar-refractivity contribution in [3.8, 4) is 0 Å². The van der Waals surface area contributed by atoms with Crippen LogP contribution < -0.4 is 0 Å². The van der Waals surface area contributed by atoms with Gasteiger partial charge in [0.05, 0.1) is 6.10 Å². The lowest BCUT2D eigenvalue weighted by Gasteiger charge is -2.22. The Kier molecular flexibility index (Phi) is 3.82. The van der Waals surface area contributed by atoms with Crippen LogP contribution in [-0.2, 0) is 4.74 Å². The maximum absolute atomic E-state index is 13.1. The largest absolute Gasteiger partial charge is 0.373 e. The van der Waals surface area contributed by atoms with Crippen molar-refractivity contribution in [1.29, 1.82) is 0 Å². The molecular weight excluding hydrogens is 227 g/mol. The van der Waals surface area contributed by atoms with Crippen LogP contribution in [0.3, 0.4) is 0 Å². The van der Waals surface area contributed by atoms with Gasteiger partial charge in [0, 0.05) is 17.9 Å². The second-order valence-corrected chi connectivity index (χ2v) is 4.78. The minimum atomic E-state index is -0.214. The van der Waals surface area contributed by atoms with Crippen LogP contribution in [0.25, 0.3) is 0 Å². The molecule has 0 N–H and O–H groups in total. The zero-order chi connectivity index (χ0) is 11.5. The third-order valence-corrected chi connectivity index (χ3v) is 3.80. The predicted octanol–water partition coefficient (Wildman–Crippen LogP) is 3.92. The molecule has 1 aromatic carbocycles. The Morgan fingerprint density at radius 3 is 3.06 bits per heavy atom. The molecule has 1 aliphatic rings. The highest BCUT2D eigenvalue weighted by atomic mass is 35.5. The van der Waals surface area contributed by atoms with Crippen LogP contribution in [0.4, 0.5) is 4.39 Å². The molecular formula is C13H16ClFO. The molecule has 1 heterocycles. The third kappa shape index (κ3) is 2.38. The van der Waals surface area contributed by atoms with Crippen molar-refractivity contribution in [1.82, 2.24) is 0 Å². The van der Waals surface area contributed by atoms with Crippen molar-refractivity contribution in [3.63, 3.8) is 0 Å². The fraction of sp³-hybridized carbons (Fsp3) is 0.538. The quantitative estimate of drug-likeness (QED) is 0.730. The summed E-state index contributed by atoms with van der Waals surface area (Å²) in [6.07, 6.45) is 1.84. The summed E-state index contributed by atoms with van der Waals surface area (Å²) in [6.45, 7) is 2.79. The highest BCUT2D eigenvalue weighted by Gasteiger charge is 2.34. The predicted molar refractivity (Wildman–Crippen MR) is 63.1 cm³/mol. The van der Waals surface area contributed by atoms with Crippen molar-refractivity contribution in [2.45, 2.75) is 31.2 Å². The van der Waals surface area contributed by atoms with Crippen molar-refractivity contribution in [2.75, 3.05) is 6.61 Å². The van der Waals surface area contributed by atoms with Gasteiger partial charge in [-0.05, 0) is 30.5 Å². The summed E-state index contributed by atoms with van der Waals surface area (Å²) in [5.74, 6) is 0.0860. The second-order valence-electron chi connectivity index (χ2n) is 4.22. The molecule has 3 heteroatoms. The van der Waals surface area contributed by atoms with E-state index in [0.29, 0.717) is 5.92 Å². The van der Waals surface area contributed by atoms with Crippen LogP contribution in [0, 0.1) is 11.7 Å². The SMILES string of the molecule is CCC(Cl)[C@@H]1CCO[C@@H]1c1cccc(F)c1. The van der Waals surface area contributed by atoms with Crippen molar-refractivity contribution < 1.29 is 9.13 Å². The average molecular weight is 243 g/mol. The number of hydrogen-bond acceptors (Lipinski definition) is 1. The van der Waals surface area contributed by atoms with Crippen LogP contribution in [-0.4, -0.2) is 12.0 Å². The summed E-state index contributed by atoms with van der Waals surface area (Å²) in [4.78, 5) is 0. The van der Waals surface area contributed by atoms with Gasteiger partial charge >= 0.3 is 0 Å². The molecule has 0 aromatic heterocycles. The van der Waals surface area contributed by atoms with E-state index >= 15 is 0 Å². The van der Waals surface area contributed by atoms with Crippen LogP contribution in [0.15, 0.2) is 24.3 Å². The lowest BCUT2D eigenvalue weighted by atomic mass is 9.91. The summed E-state index contributed by atoms with van der Waals surface area (Å²) in [6, 6.07) is 6.62. The van der Waals surface area contributed by atoms with Gasteiger partial charge in [-0.3, -0.25) is 0 Å². The summed E-state index contributed by atoms with van der Waals surface area (Å²) < 4.78 is 18.8. The van der Waals surface area contributed by atoms with Crippen LogP contribution in [0.5, 0.6) is 0 Å². The van der Waals surface area contributed by atoms with Crippen LogP contribution in [0.1, 0.15) is 31.4 Å². The van der Waals surface area contributed by atoms with E-state index in [2.05, 4.69) is 6.92 Å². The Balaban J connectivity index is 2.19. The van der Waals surface area contributed by atoms with Gasteiger partial charge in [0.25, 0.3) is 0 Å². The number of ether oxygens (including phenoxy) is 1. The molecule has 0 amide bonds. The first-order valence-corrected chi connectivity index (χ1v) is 6.17. The Morgan fingerprint density at radius 2 is 2.38 bits per heavy atom. The van der Waals surface area contributed by atoms with Crippen molar-refractivity contribution in [3.05, 3.63) is 35.6 Å². The lowest BCUT2D eigenvalue weighted by molar-refractivity contribution is 0.0892. The van der Waals surface area contributed by atoms with E-state index in [-0.39, 0.29) is 17.3 Å². The molecule has 1 saturated heterocycles. The highest BCUT2D eigenvalue weighted by Crippen LogP contribution is 2.39.